The Hall–Kier alpha value is -2.68. The molecule has 0 aliphatic heterocycles. The van der Waals surface area contributed by atoms with Crippen molar-refractivity contribution in [2.75, 3.05) is 14.2 Å². The fraction of sp³-hybridized carbons (Fsp3) is 0.188. The third-order valence-corrected chi connectivity index (χ3v) is 3.23. The molecule has 0 saturated carbocycles. The first-order valence-corrected chi connectivity index (χ1v) is 6.71. The van der Waals surface area contributed by atoms with E-state index in [1.54, 1.807) is 0 Å². The topological polar surface area (TPSA) is 44.8 Å². The molecule has 4 nitrogen and oxygen atoms in total. The Balaban J connectivity index is 2.49. The molecule has 0 saturated heterocycles. The van der Waals surface area contributed by atoms with Crippen LogP contribution in [0, 0.1) is 29.1 Å². The SMILES string of the molecule is COCc1c(OC)cccc1C(=O)Oc1c(F)c(F)c(F)c(F)c1F. The van der Waals surface area contributed by atoms with E-state index in [1.165, 1.54) is 32.4 Å². The molecule has 2 rings (SSSR count). The smallest absolute Gasteiger partial charge is 0.344 e. The molecule has 134 valence electrons. The first kappa shape index (κ1) is 18.7. The fourth-order valence-electron chi connectivity index (χ4n) is 2.06. The third-order valence-electron chi connectivity index (χ3n) is 3.23. The minimum atomic E-state index is -2.35. The number of rotatable bonds is 5. The molecule has 0 unspecified atom stereocenters. The van der Waals surface area contributed by atoms with E-state index >= 15 is 0 Å². The van der Waals surface area contributed by atoms with Gasteiger partial charge >= 0.3 is 5.97 Å². The second kappa shape index (κ2) is 7.47. The van der Waals surface area contributed by atoms with E-state index < -0.39 is 40.8 Å². The number of carbonyl (C=O) groups excluding carboxylic acids is 1. The number of carbonyl (C=O) groups is 1. The zero-order chi connectivity index (χ0) is 18.7. The van der Waals surface area contributed by atoms with Gasteiger partial charge in [0.05, 0.1) is 19.3 Å². The van der Waals surface area contributed by atoms with E-state index in [9.17, 15) is 26.7 Å². The molecule has 0 bridgehead atoms. The highest BCUT2D eigenvalue weighted by Gasteiger charge is 2.29. The summed E-state index contributed by atoms with van der Waals surface area (Å²) in [6.07, 6.45) is 0. The number of methoxy groups -OCH3 is 2. The second-order valence-corrected chi connectivity index (χ2v) is 4.71. The van der Waals surface area contributed by atoms with E-state index in [0.717, 1.165) is 0 Å². The molecule has 0 radical (unpaired) electrons. The molecular formula is C16H11F5O4. The molecule has 0 spiro atoms. The van der Waals surface area contributed by atoms with Gasteiger partial charge in [0.1, 0.15) is 5.75 Å². The van der Waals surface area contributed by atoms with Gasteiger partial charge in [0.2, 0.25) is 34.8 Å². The van der Waals surface area contributed by atoms with Crippen molar-refractivity contribution in [1.82, 2.24) is 0 Å². The molecule has 0 fully saturated rings. The van der Waals surface area contributed by atoms with Crippen molar-refractivity contribution >= 4 is 5.97 Å². The molecule has 0 amide bonds. The predicted octanol–water partition coefficient (Wildman–Crippen LogP) is 3.76. The molecule has 0 N–H and O–H groups in total. The van der Waals surface area contributed by atoms with Crippen LogP contribution in [0.15, 0.2) is 18.2 Å². The van der Waals surface area contributed by atoms with Gasteiger partial charge < -0.3 is 14.2 Å². The lowest BCUT2D eigenvalue weighted by Crippen LogP contribution is -2.16. The van der Waals surface area contributed by atoms with E-state index in [1.807, 2.05) is 0 Å². The lowest BCUT2D eigenvalue weighted by atomic mass is 10.1. The maximum absolute atomic E-state index is 13.6. The minimum absolute atomic E-state index is 0.119. The Morgan fingerprint density at radius 3 is 2.00 bits per heavy atom. The molecule has 2 aromatic carbocycles. The molecule has 0 aromatic heterocycles. The molecule has 0 atom stereocenters. The molecule has 2 aromatic rings. The summed E-state index contributed by atoms with van der Waals surface area (Å²) in [7, 11) is 2.64. The summed E-state index contributed by atoms with van der Waals surface area (Å²) < 4.78 is 81.0. The average molecular weight is 362 g/mol. The summed E-state index contributed by atoms with van der Waals surface area (Å²) in [5.41, 5.74) is -0.0356. The van der Waals surface area contributed by atoms with Crippen molar-refractivity contribution in [2.45, 2.75) is 6.61 Å². The highest BCUT2D eigenvalue weighted by atomic mass is 19.2. The number of ether oxygens (including phenoxy) is 3. The van der Waals surface area contributed by atoms with Crippen LogP contribution in [0.5, 0.6) is 11.5 Å². The van der Waals surface area contributed by atoms with Crippen molar-refractivity contribution in [2.24, 2.45) is 0 Å². The number of benzene rings is 2. The van der Waals surface area contributed by atoms with Crippen LogP contribution in [0.4, 0.5) is 22.0 Å². The lowest BCUT2D eigenvalue weighted by Gasteiger charge is -2.13. The summed E-state index contributed by atoms with van der Waals surface area (Å²) in [4.78, 5) is 12.2. The van der Waals surface area contributed by atoms with Crippen LogP contribution < -0.4 is 9.47 Å². The molecule has 0 aliphatic rings. The monoisotopic (exact) mass is 362 g/mol. The summed E-state index contributed by atoms with van der Waals surface area (Å²) in [5.74, 6) is -14.1. The highest BCUT2D eigenvalue weighted by Crippen LogP contribution is 2.31. The van der Waals surface area contributed by atoms with Crippen LogP contribution in [0.2, 0.25) is 0 Å². The zero-order valence-corrected chi connectivity index (χ0v) is 13.0. The maximum Gasteiger partial charge on any atom is 0.344 e. The summed E-state index contributed by atoms with van der Waals surface area (Å²) in [6, 6.07) is 4.10. The Morgan fingerprint density at radius 1 is 0.920 bits per heavy atom. The van der Waals surface area contributed by atoms with Crippen molar-refractivity contribution in [3.63, 3.8) is 0 Å². The van der Waals surface area contributed by atoms with Crippen LogP contribution in [0.1, 0.15) is 15.9 Å². The van der Waals surface area contributed by atoms with Gasteiger partial charge in [-0.25, -0.2) is 18.0 Å². The number of esters is 1. The van der Waals surface area contributed by atoms with E-state index in [0.29, 0.717) is 0 Å². The highest BCUT2D eigenvalue weighted by molar-refractivity contribution is 5.93. The van der Waals surface area contributed by atoms with Gasteiger partial charge in [-0.15, -0.1) is 0 Å². The Bertz CT molecular complexity index is 794. The van der Waals surface area contributed by atoms with Crippen LogP contribution in [-0.4, -0.2) is 20.2 Å². The summed E-state index contributed by atoms with van der Waals surface area (Å²) >= 11 is 0. The molecule has 0 heterocycles. The first-order valence-electron chi connectivity index (χ1n) is 6.71. The van der Waals surface area contributed by atoms with Crippen LogP contribution in [-0.2, 0) is 11.3 Å². The van der Waals surface area contributed by atoms with Gasteiger partial charge in [0.25, 0.3) is 0 Å². The van der Waals surface area contributed by atoms with Crippen LogP contribution >= 0.6 is 0 Å². The quantitative estimate of drug-likeness (QED) is 0.267. The Morgan fingerprint density at radius 2 is 1.48 bits per heavy atom. The number of hydrogen-bond donors (Lipinski definition) is 0. The molecule has 9 heteroatoms. The normalized spacial score (nSPS) is 10.7. The first-order chi connectivity index (χ1) is 11.8. The summed E-state index contributed by atoms with van der Waals surface area (Å²) in [5, 5.41) is 0. The van der Waals surface area contributed by atoms with Gasteiger partial charge in [0.15, 0.2) is 0 Å². The lowest BCUT2D eigenvalue weighted by molar-refractivity contribution is 0.0710. The van der Waals surface area contributed by atoms with Crippen molar-refractivity contribution in [3.8, 4) is 11.5 Å². The van der Waals surface area contributed by atoms with Crippen LogP contribution in [0.25, 0.3) is 0 Å². The standard InChI is InChI=1S/C16H11F5O4/c1-23-6-8-7(4-3-5-9(8)24-2)16(22)25-15-13(20)11(18)10(17)12(19)14(15)21/h3-5H,6H2,1-2H3. The van der Waals surface area contributed by atoms with Gasteiger partial charge in [0, 0.05) is 12.7 Å². The van der Waals surface area contributed by atoms with Crippen molar-refractivity contribution in [3.05, 3.63) is 58.4 Å². The van der Waals surface area contributed by atoms with Crippen molar-refractivity contribution < 1.29 is 41.0 Å². The molecule has 25 heavy (non-hydrogen) atoms. The number of halogens is 5. The van der Waals surface area contributed by atoms with Gasteiger partial charge in [-0.2, -0.15) is 8.78 Å². The minimum Gasteiger partial charge on any atom is -0.496 e. The fourth-order valence-corrected chi connectivity index (χ4v) is 2.06. The van der Waals surface area contributed by atoms with E-state index in [-0.39, 0.29) is 23.5 Å². The van der Waals surface area contributed by atoms with Crippen LogP contribution in [0.3, 0.4) is 0 Å². The van der Waals surface area contributed by atoms with Crippen molar-refractivity contribution in [1.29, 1.82) is 0 Å². The van der Waals surface area contributed by atoms with Gasteiger partial charge in [-0.1, -0.05) is 6.07 Å². The third kappa shape index (κ3) is 3.41. The second-order valence-electron chi connectivity index (χ2n) is 4.71. The molecule has 0 aliphatic carbocycles. The van der Waals surface area contributed by atoms with Gasteiger partial charge in [-0.05, 0) is 12.1 Å². The largest absolute Gasteiger partial charge is 0.496 e. The average Bonchev–Trinajstić information content (AvgIpc) is 2.62. The summed E-state index contributed by atoms with van der Waals surface area (Å²) in [6.45, 7) is -0.119. The predicted molar refractivity (Wildman–Crippen MR) is 74.9 cm³/mol. The molecular weight excluding hydrogens is 351 g/mol. The van der Waals surface area contributed by atoms with E-state index in [4.69, 9.17) is 9.47 Å². The number of hydrogen-bond acceptors (Lipinski definition) is 4. The van der Waals surface area contributed by atoms with Gasteiger partial charge in [-0.3, -0.25) is 0 Å². The zero-order valence-electron chi connectivity index (χ0n) is 13.0. The Labute approximate surface area is 138 Å². The Kier molecular flexibility index (Phi) is 5.58. The maximum atomic E-state index is 13.6. The van der Waals surface area contributed by atoms with E-state index in [2.05, 4.69) is 4.74 Å².